The fourth-order valence-corrected chi connectivity index (χ4v) is 7.30. The van der Waals surface area contributed by atoms with E-state index in [4.69, 9.17) is 0 Å². The molecule has 0 spiro atoms. The highest BCUT2D eigenvalue weighted by atomic mass is 16.3. The van der Waals surface area contributed by atoms with Gasteiger partial charge in [0.25, 0.3) is 0 Å². The molecule has 2 saturated carbocycles. The molecule has 0 aromatic carbocycles. The van der Waals surface area contributed by atoms with Gasteiger partial charge in [-0.15, -0.1) is 0 Å². The Kier molecular flexibility index (Phi) is 6.06. The maximum atomic E-state index is 12.1. The molecule has 0 radical (unpaired) electrons. The van der Waals surface area contributed by atoms with E-state index in [1.165, 1.54) is 36.8 Å². The average molecular weight is 373 g/mol. The third-order valence-electron chi connectivity index (χ3n) is 8.76. The molecule has 152 valence electrons. The first-order valence-corrected chi connectivity index (χ1v) is 11.5. The van der Waals surface area contributed by atoms with Crippen LogP contribution in [0.25, 0.3) is 0 Å². The molecule has 4 aliphatic carbocycles. The van der Waals surface area contributed by atoms with Gasteiger partial charge in [0.2, 0.25) is 0 Å². The molecule has 27 heavy (non-hydrogen) atoms. The quantitative estimate of drug-likeness (QED) is 0.650. The lowest BCUT2D eigenvalue weighted by Crippen LogP contribution is -2.49. The van der Waals surface area contributed by atoms with Crippen LogP contribution in [0.1, 0.15) is 86.0 Å². The highest BCUT2D eigenvalue weighted by Gasteiger charge is 2.58. The van der Waals surface area contributed by atoms with E-state index in [0.717, 1.165) is 31.6 Å². The number of carbonyl (C=O) groups is 1. The Bertz CT molecular complexity index is 630. The monoisotopic (exact) mass is 372 g/mol. The minimum absolute atomic E-state index is 0.203. The molecule has 0 saturated heterocycles. The van der Waals surface area contributed by atoms with Gasteiger partial charge in [-0.1, -0.05) is 40.7 Å². The molecule has 2 fully saturated rings. The Morgan fingerprint density at radius 1 is 1.11 bits per heavy atom. The average Bonchev–Trinajstić information content (AvgIpc) is 3.00. The standard InChI is InChI=1S/C23H34O2.C2H6/c1-4-15-13-18-19-6-5-16(9-12-24)22(19,2)11-8-20(18)23(3)10-7-17(25)14-21(15)23;1-2/h13-14,16,18-20,24H,4-12H2,1-3H3;1-2H3/t16-,18+,19?,20?,22-,23-;/m1./s1. The zero-order valence-corrected chi connectivity index (χ0v) is 18.2. The fraction of sp³-hybridized carbons (Fsp3) is 0.800. The molecule has 0 aromatic rings. The molecule has 2 unspecified atom stereocenters. The van der Waals surface area contributed by atoms with Crippen molar-refractivity contribution in [3.05, 3.63) is 23.3 Å². The number of hydrogen-bond donors (Lipinski definition) is 1. The van der Waals surface area contributed by atoms with Gasteiger partial charge in [0.1, 0.15) is 0 Å². The predicted octanol–water partition coefficient (Wildman–Crippen LogP) is 6.10. The fourth-order valence-electron chi connectivity index (χ4n) is 7.30. The summed E-state index contributed by atoms with van der Waals surface area (Å²) in [7, 11) is 0. The molecular weight excluding hydrogens is 332 g/mol. The number of rotatable bonds is 3. The van der Waals surface area contributed by atoms with Crippen LogP contribution in [0.5, 0.6) is 0 Å². The number of allylic oxidation sites excluding steroid dienone is 4. The maximum Gasteiger partial charge on any atom is 0.156 e. The Morgan fingerprint density at radius 2 is 1.85 bits per heavy atom. The molecule has 0 aliphatic heterocycles. The normalized spacial score (nSPS) is 42.8. The molecule has 0 bridgehead atoms. The number of ketones is 1. The van der Waals surface area contributed by atoms with Gasteiger partial charge in [-0.2, -0.15) is 0 Å². The van der Waals surface area contributed by atoms with Crippen molar-refractivity contribution in [2.75, 3.05) is 6.61 Å². The predicted molar refractivity (Wildman–Crippen MR) is 112 cm³/mol. The molecule has 2 nitrogen and oxygen atoms in total. The molecule has 0 amide bonds. The van der Waals surface area contributed by atoms with Crippen molar-refractivity contribution in [3.8, 4) is 0 Å². The van der Waals surface area contributed by atoms with Crippen molar-refractivity contribution in [3.63, 3.8) is 0 Å². The second kappa shape index (κ2) is 7.85. The highest BCUT2D eigenvalue weighted by molar-refractivity contribution is 5.92. The Balaban J connectivity index is 0.00000102. The lowest BCUT2D eigenvalue weighted by atomic mass is 9.47. The van der Waals surface area contributed by atoms with Crippen molar-refractivity contribution in [2.45, 2.75) is 86.0 Å². The van der Waals surface area contributed by atoms with Gasteiger partial charge in [0.05, 0.1) is 0 Å². The molecule has 4 rings (SSSR count). The lowest BCUT2D eigenvalue weighted by Gasteiger charge is -2.57. The van der Waals surface area contributed by atoms with E-state index in [1.54, 1.807) is 0 Å². The topological polar surface area (TPSA) is 37.3 Å². The Hall–Kier alpha value is -0.890. The van der Waals surface area contributed by atoms with Crippen LogP contribution in [-0.2, 0) is 4.79 Å². The van der Waals surface area contributed by atoms with Crippen LogP contribution < -0.4 is 0 Å². The van der Waals surface area contributed by atoms with Gasteiger partial charge in [0, 0.05) is 13.0 Å². The summed E-state index contributed by atoms with van der Waals surface area (Å²) in [5, 5.41) is 9.51. The van der Waals surface area contributed by atoms with Crippen LogP contribution in [0.3, 0.4) is 0 Å². The third-order valence-corrected chi connectivity index (χ3v) is 8.76. The Morgan fingerprint density at radius 3 is 2.52 bits per heavy atom. The minimum atomic E-state index is 0.203. The van der Waals surface area contributed by atoms with E-state index in [-0.39, 0.29) is 5.41 Å². The van der Waals surface area contributed by atoms with Gasteiger partial charge < -0.3 is 5.11 Å². The van der Waals surface area contributed by atoms with Crippen molar-refractivity contribution >= 4 is 5.78 Å². The van der Waals surface area contributed by atoms with Crippen LogP contribution in [-0.4, -0.2) is 17.5 Å². The minimum Gasteiger partial charge on any atom is -0.396 e. The van der Waals surface area contributed by atoms with E-state index >= 15 is 0 Å². The maximum absolute atomic E-state index is 12.1. The van der Waals surface area contributed by atoms with Gasteiger partial charge in [0.15, 0.2) is 5.78 Å². The summed E-state index contributed by atoms with van der Waals surface area (Å²) in [4.78, 5) is 12.1. The van der Waals surface area contributed by atoms with Crippen molar-refractivity contribution < 1.29 is 9.90 Å². The molecule has 0 aromatic heterocycles. The smallest absolute Gasteiger partial charge is 0.156 e. The van der Waals surface area contributed by atoms with Crippen LogP contribution in [0.4, 0.5) is 0 Å². The summed E-state index contributed by atoms with van der Waals surface area (Å²) in [6.45, 7) is 11.6. The second-order valence-corrected chi connectivity index (χ2v) is 9.61. The van der Waals surface area contributed by atoms with Gasteiger partial charge in [-0.05, 0) is 96.7 Å². The number of hydrogen-bond acceptors (Lipinski definition) is 2. The van der Waals surface area contributed by atoms with Crippen LogP contribution in [0.15, 0.2) is 23.3 Å². The number of aliphatic hydroxyl groups is 1. The summed E-state index contributed by atoms with van der Waals surface area (Å²) in [6, 6.07) is 0. The summed E-state index contributed by atoms with van der Waals surface area (Å²) in [5.41, 5.74) is 3.43. The van der Waals surface area contributed by atoms with E-state index < -0.39 is 0 Å². The van der Waals surface area contributed by atoms with E-state index in [2.05, 4.69) is 26.8 Å². The van der Waals surface area contributed by atoms with Crippen molar-refractivity contribution in [1.82, 2.24) is 0 Å². The van der Waals surface area contributed by atoms with Crippen LogP contribution >= 0.6 is 0 Å². The van der Waals surface area contributed by atoms with Crippen LogP contribution in [0, 0.1) is 34.5 Å². The van der Waals surface area contributed by atoms with Gasteiger partial charge in [-0.3, -0.25) is 4.79 Å². The van der Waals surface area contributed by atoms with Gasteiger partial charge >= 0.3 is 0 Å². The van der Waals surface area contributed by atoms with Crippen molar-refractivity contribution in [2.24, 2.45) is 34.5 Å². The first-order valence-electron chi connectivity index (χ1n) is 11.5. The Labute approximate surface area is 166 Å². The largest absolute Gasteiger partial charge is 0.396 e. The van der Waals surface area contributed by atoms with E-state index in [9.17, 15) is 9.90 Å². The first-order chi connectivity index (χ1) is 12.9. The van der Waals surface area contributed by atoms with Crippen LogP contribution in [0.2, 0.25) is 0 Å². The van der Waals surface area contributed by atoms with E-state index in [0.29, 0.717) is 35.6 Å². The number of aliphatic hydroxyl groups excluding tert-OH is 1. The lowest BCUT2D eigenvalue weighted by molar-refractivity contribution is -0.116. The molecule has 1 N–H and O–H groups in total. The highest BCUT2D eigenvalue weighted by Crippen LogP contribution is 2.66. The first kappa shape index (κ1) is 20.8. The molecule has 0 heterocycles. The van der Waals surface area contributed by atoms with Crippen molar-refractivity contribution in [1.29, 1.82) is 0 Å². The molecule has 4 aliphatic rings. The molecule has 2 heteroatoms. The second-order valence-electron chi connectivity index (χ2n) is 9.61. The molecular formula is C25H40O2. The molecule has 6 atom stereocenters. The zero-order valence-electron chi connectivity index (χ0n) is 18.2. The summed E-state index contributed by atoms with van der Waals surface area (Å²) < 4.78 is 0. The number of fused-ring (bicyclic) bond motifs is 5. The van der Waals surface area contributed by atoms with E-state index in [1.807, 2.05) is 19.9 Å². The zero-order chi connectivity index (χ0) is 19.8. The SMILES string of the molecule is CC.CCC1=C[C@@H]2C(CC[C@@]3(C)C2CC[C@@H]3CCO)[C@@]2(C)CCC(=O)C=C12. The third kappa shape index (κ3) is 3.16. The summed E-state index contributed by atoms with van der Waals surface area (Å²) in [5.74, 6) is 3.16. The summed E-state index contributed by atoms with van der Waals surface area (Å²) in [6.07, 6.45) is 13.6. The summed E-state index contributed by atoms with van der Waals surface area (Å²) >= 11 is 0. The number of carbonyl (C=O) groups excluding carboxylic acids is 1. The van der Waals surface area contributed by atoms with Gasteiger partial charge in [-0.25, -0.2) is 0 Å².